The molecule has 0 bridgehead atoms. The molecule has 2 aromatic rings. The molecule has 0 unspecified atom stereocenters. The summed E-state index contributed by atoms with van der Waals surface area (Å²) in [5.41, 5.74) is 1.25. The molecule has 92 valence electrons. The van der Waals surface area contributed by atoms with Crippen LogP contribution in [0.25, 0.3) is 0 Å². The van der Waals surface area contributed by atoms with E-state index in [1.54, 1.807) is 55.6 Å². The van der Waals surface area contributed by atoms with Gasteiger partial charge in [-0.15, -0.1) is 0 Å². The van der Waals surface area contributed by atoms with Crippen molar-refractivity contribution in [3.05, 3.63) is 59.7 Å². The smallest absolute Gasteiger partial charge is 0.167 e. The summed E-state index contributed by atoms with van der Waals surface area (Å²) in [5.74, 6) is 0.840. The highest BCUT2D eigenvalue weighted by molar-refractivity contribution is 5.97. The maximum atomic E-state index is 12.0. The van der Waals surface area contributed by atoms with E-state index in [9.17, 15) is 9.90 Å². The van der Waals surface area contributed by atoms with Gasteiger partial charge in [0.05, 0.1) is 7.11 Å². The molecule has 0 amide bonds. The molecular formula is C15H14O3. The largest absolute Gasteiger partial charge is 0.508 e. The van der Waals surface area contributed by atoms with Crippen molar-refractivity contribution in [1.29, 1.82) is 0 Å². The summed E-state index contributed by atoms with van der Waals surface area (Å²) in [5, 5.41) is 9.62. The topological polar surface area (TPSA) is 46.5 Å². The average molecular weight is 242 g/mol. The van der Waals surface area contributed by atoms with Crippen molar-refractivity contribution in [2.24, 2.45) is 0 Å². The lowest BCUT2D eigenvalue weighted by Crippen LogP contribution is -2.03. The quantitative estimate of drug-likeness (QED) is 0.838. The lowest BCUT2D eigenvalue weighted by Gasteiger charge is -2.05. The fourth-order valence-electron chi connectivity index (χ4n) is 1.71. The van der Waals surface area contributed by atoms with Crippen LogP contribution in [-0.4, -0.2) is 18.0 Å². The van der Waals surface area contributed by atoms with Crippen molar-refractivity contribution in [3.8, 4) is 11.5 Å². The Bertz CT molecular complexity index is 544. The minimum Gasteiger partial charge on any atom is -0.508 e. The number of rotatable bonds is 4. The Balaban J connectivity index is 2.14. The van der Waals surface area contributed by atoms with Gasteiger partial charge in [-0.2, -0.15) is 0 Å². The number of ether oxygens (including phenoxy) is 1. The van der Waals surface area contributed by atoms with Crippen molar-refractivity contribution in [1.82, 2.24) is 0 Å². The zero-order valence-electron chi connectivity index (χ0n) is 10.1. The van der Waals surface area contributed by atoms with E-state index in [1.165, 1.54) is 0 Å². The minimum atomic E-state index is -0.0286. The number of Topliss-reactive ketones (excluding diaryl/α,β-unsaturated/α-hetero) is 1. The zero-order chi connectivity index (χ0) is 13.0. The number of phenols is 1. The number of ketones is 1. The molecule has 1 N–H and O–H groups in total. The third kappa shape index (κ3) is 2.69. The molecule has 0 fully saturated rings. The van der Waals surface area contributed by atoms with Crippen LogP contribution in [0, 0.1) is 0 Å². The molecule has 0 aliphatic rings. The lowest BCUT2D eigenvalue weighted by molar-refractivity contribution is 0.0992. The Morgan fingerprint density at radius 1 is 1.11 bits per heavy atom. The number of carbonyl (C=O) groups is 1. The van der Waals surface area contributed by atoms with Crippen molar-refractivity contribution < 1.29 is 14.6 Å². The van der Waals surface area contributed by atoms with E-state index in [0.717, 1.165) is 0 Å². The summed E-state index contributed by atoms with van der Waals surface area (Å²) in [6.07, 6.45) is 0.193. The van der Waals surface area contributed by atoms with Gasteiger partial charge in [-0.3, -0.25) is 4.79 Å². The van der Waals surface area contributed by atoms with Crippen molar-refractivity contribution in [2.45, 2.75) is 6.42 Å². The standard InChI is InChI=1S/C15H14O3/c1-18-13-8-6-11(7-9-13)15(17)10-12-4-2-3-5-14(12)16/h2-9,16H,10H2,1H3. The van der Waals surface area contributed by atoms with Crippen LogP contribution < -0.4 is 4.74 Å². The van der Waals surface area contributed by atoms with Crippen LogP contribution in [0.15, 0.2) is 48.5 Å². The van der Waals surface area contributed by atoms with Crippen LogP contribution >= 0.6 is 0 Å². The normalized spacial score (nSPS) is 10.1. The van der Waals surface area contributed by atoms with E-state index in [1.807, 2.05) is 0 Å². The first kappa shape index (κ1) is 12.2. The molecule has 0 heterocycles. The van der Waals surface area contributed by atoms with E-state index >= 15 is 0 Å². The highest BCUT2D eigenvalue weighted by atomic mass is 16.5. The maximum absolute atomic E-state index is 12.0. The van der Waals surface area contributed by atoms with E-state index in [2.05, 4.69) is 0 Å². The Morgan fingerprint density at radius 2 is 1.78 bits per heavy atom. The van der Waals surface area contributed by atoms with Crippen LogP contribution in [0.1, 0.15) is 15.9 Å². The van der Waals surface area contributed by atoms with Gasteiger partial charge in [0.2, 0.25) is 0 Å². The number of aromatic hydroxyl groups is 1. The molecule has 2 rings (SSSR count). The number of para-hydroxylation sites is 1. The first-order valence-corrected chi connectivity index (χ1v) is 5.65. The summed E-state index contributed by atoms with van der Waals surface area (Å²) in [4.78, 5) is 12.0. The molecule has 0 atom stereocenters. The van der Waals surface area contributed by atoms with Crippen LogP contribution in [0.4, 0.5) is 0 Å². The number of methoxy groups -OCH3 is 1. The second-order valence-corrected chi connectivity index (χ2v) is 3.96. The Labute approximate surface area is 106 Å². The van der Waals surface area contributed by atoms with Gasteiger partial charge in [0.25, 0.3) is 0 Å². The van der Waals surface area contributed by atoms with Gasteiger partial charge in [0.15, 0.2) is 5.78 Å². The van der Waals surface area contributed by atoms with Gasteiger partial charge < -0.3 is 9.84 Å². The van der Waals surface area contributed by atoms with Crippen molar-refractivity contribution in [2.75, 3.05) is 7.11 Å². The van der Waals surface area contributed by atoms with Crippen LogP contribution in [-0.2, 0) is 6.42 Å². The predicted octanol–water partition coefficient (Wildman–Crippen LogP) is 2.83. The average Bonchev–Trinajstić information content (AvgIpc) is 2.41. The van der Waals surface area contributed by atoms with Gasteiger partial charge >= 0.3 is 0 Å². The Morgan fingerprint density at radius 3 is 2.39 bits per heavy atom. The van der Waals surface area contributed by atoms with Crippen LogP contribution in [0.2, 0.25) is 0 Å². The molecule has 0 aromatic heterocycles. The molecular weight excluding hydrogens is 228 g/mol. The summed E-state index contributed by atoms with van der Waals surface area (Å²) in [7, 11) is 1.58. The Kier molecular flexibility index (Phi) is 3.63. The number of carbonyl (C=O) groups excluding carboxylic acids is 1. The van der Waals surface area contributed by atoms with Crippen LogP contribution in [0.5, 0.6) is 11.5 Å². The number of benzene rings is 2. The summed E-state index contributed by atoms with van der Waals surface area (Å²) in [6.45, 7) is 0. The number of hydrogen-bond donors (Lipinski definition) is 1. The SMILES string of the molecule is COc1ccc(C(=O)Cc2ccccc2O)cc1. The molecule has 0 aliphatic carbocycles. The monoisotopic (exact) mass is 242 g/mol. The molecule has 0 saturated heterocycles. The maximum Gasteiger partial charge on any atom is 0.167 e. The van der Waals surface area contributed by atoms with E-state index in [4.69, 9.17) is 4.74 Å². The second-order valence-electron chi connectivity index (χ2n) is 3.96. The van der Waals surface area contributed by atoms with Gasteiger partial charge in [-0.25, -0.2) is 0 Å². The molecule has 3 nitrogen and oxygen atoms in total. The summed E-state index contributed by atoms with van der Waals surface area (Å²) < 4.78 is 5.04. The minimum absolute atomic E-state index is 0.0286. The molecule has 0 spiro atoms. The zero-order valence-corrected chi connectivity index (χ0v) is 10.1. The van der Waals surface area contributed by atoms with Crippen molar-refractivity contribution >= 4 is 5.78 Å². The molecule has 2 aromatic carbocycles. The van der Waals surface area contributed by atoms with E-state index in [-0.39, 0.29) is 18.0 Å². The number of phenolic OH excluding ortho intramolecular Hbond substituents is 1. The van der Waals surface area contributed by atoms with Gasteiger partial charge in [0, 0.05) is 17.5 Å². The van der Waals surface area contributed by atoms with Crippen molar-refractivity contribution in [3.63, 3.8) is 0 Å². The molecule has 0 saturated carbocycles. The fraction of sp³-hybridized carbons (Fsp3) is 0.133. The highest BCUT2D eigenvalue weighted by Crippen LogP contribution is 2.19. The first-order chi connectivity index (χ1) is 8.70. The second kappa shape index (κ2) is 5.36. The third-order valence-corrected chi connectivity index (χ3v) is 2.75. The number of hydrogen-bond acceptors (Lipinski definition) is 3. The molecule has 3 heteroatoms. The van der Waals surface area contributed by atoms with Gasteiger partial charge in [0.1, 0.15) is 11.5 Å². The van der Waals surface area contributed by atoms with Gasteiger partial charge in [-0.1, -0.05) is 18.2 Å². The third-order valence-electron chi connectivity index (χ3n) is 2.75. The Hall–Kier alpha value is -2.29. The molecule has 0 radical (unpaired) electrons. The van der Waals surface area contributed by atoms with Crippen LogP contribution in [0.3, 0.4) is 0 Å². The fourth-order valence-corrected chi connectivity index (χ4v) is 1.71. The predicted molar refractivity (Wildman–Crippen MR) is 69.1 cm³/mol. The summed E-state index contributed by atoms with van der Waals surface area (Å²) in [6, 6.07) is 13.8. The van der Waals surface area contributed by atoms with Gasteiger partial charge in [-0.05, 0) is 30.3 Å². The molecule has 0 aliphatic heterocycles. The molecule has 18 heavy (non-hydrogen) atoms. The summed E-state index contributed by atoms with van der Waals surface area (Å²) >= 11 is 0. The first-order valence-electron chi connectivity index (χ1n) is 5.65. The highest BCUT2D eigenvalue weighted by Gasteiger charge is 2.09. The van der Waals surface area contributed by atoms with E-state index < -0.39 is 0 Å². The van der Waals surface area contributed by atoms with E-state index in [0.29, 0.717) is 16.9 Å². The lowest BCUT2D eigenvalue weighted by atomic mass is 10.0.